The first-order valence-electron chi connectivity index (χ1n) is 11.5. The molecule has 2 aromatic carbocycles. The normalized spacial score (nSPS) is 28.9. The standard InChI is InChI=1S/C22H26N2O10S4/c1-33-15-3-7-17(8-4-15)37(29,30)23-19-11-35(25,26)13-21(19)24(22-14-36(27,28)12-20(22)23)38(31,32)18-9-5-16(34-2)6-10-18/h3-10,19-22H,11-14H2,1-2H3/t19-,20-,21+,22+. The van der Waals surface area contributed by atoms with E-state index in [1.807, 2.05) is 0 Å². The van der Waals surface area contributed by atoms with E-state index in [1.54, 1.807) is 0 Å². The number of hydrogen-bond donors (Lipinski definition) is 0. The van der Waals surface area contributed by atoms with Crippen molar-refractivity contribution in [2.24, 2.45) is 0 Å². The van der Waals surface area contributed by atoms with Gasteiger partial charge in [0.2, 0.25) is 20.0 Å². The lowest BCUT2D eigenvalue weighted by Gasteiger charge is -2.48. The zero-order valence-electron chi connectivity index (χ0n) is 20.4. The van der Waals surface area contributed by atoms with Gasteiger partial charge in [0.25, 0.3) is 0 Å². The number of hydrogen-bond acceptors (Lipinski definition) is 10. The second-order valence-corrected chi connectivity index (χ2v) is 17.4. The average Bonchev–Trinajstić information content (AvgIpc) is 3.34. The molecule has 0 saturated carbocycles. The largest absolute Gasteiger partial charge is 0.497 e. The number of benzene rings is 2. The van der Waals surface area contributed by atoms with Gasteiger partial charge in [-0.05, 0) is 48.5 Å². The summed E-state index contributed by atoms with van der Waals surface area (Å²) in [5.74, 6) is -1.75. The van der Waals surface area contributed by atoms with Crippen molar-refractivity contribution >= 4 is 39.7 Å². The summed E-state index contributed by atoms with van der Waals surface area (Å²) in [6.07, 6.45) is 0. The summed E-state index contributed by atoms with van der Waals surface area (Å²) in [5, 5.41) is 0. The Morgan fingerprint density at radius 1 is 0.579 bits per heavy atom. The molecule has 5 rings (SSSR count). The van der Waals surface area contributed by atoms with E-state index in [9.17, 15) is 33.7 Å². The van der Waals surface area contributed by atoms with Crippen molar-refractivity contribution in [1.82, 2.24) is 8.61 Å². The summed E-state index contributed by atoms with van der Waals surface area (Å²) in [7, 11) is -13.8. The van der Waals surface area contributed by atoms with Crippen LogP contribution < -0.4 is 9.47 Å². The highest BCUT2D eigenvalue weighted by Gasteiger charge is 2.63. The lowest BCUT2D eigenvalue weighted by molar-refractivity contribution is 0.0841. The van der Waals surface area contributed by atoms with E-state index in [1.165, 1.54) is 62.8 Å². The Hall–Kier alpha value is -2.24. The Morgan fingerprint density at radius 3 is 1.08 bits per heavy atom. The smallest absolute Gasteiger partial charge is 0.243 e. The third-order valence-corrected chi connectivity index (χ3v) is 14.5. The monoisotopic (exact) mass is 606 g/mol. The van der Waals surface area contributed by atoms with Crippen LogP contribution in [0.5, 0.6) is 11.5 Å². The van der Waals surface area contributed by atoms with Crippen LogP contribution in [0.1, 0.15) is 0 Å². The van der Waals surface area contributed by atoms with Crippen molar-refractivity contribution in [2.45, 2.75) is 34.0 Å². The maximum atomic E-state index is 13.9. The Bertz CT molecular complexity index is 1510. The molecule has 38 heavy (non-hydrogen) atoms. The average molecular weight is 607 g/mol. The zero-order chi connectivity index (χ0) is 27.7. The van der Waals surface area contributed by atoms with Crippen molar-refractivity contribution in [3.8, 4) is 11.5 Å². The molecule has 0 amide bonds. The van der Waals surface area contributed by atoms with Crippen LogP contribution in [0.15, 0.2) is 58.3 Å². The quantitative estimate of drug-likeness (QED) is 0.428. The van der Waals surface area contributed by atoms with Crippen molar-refractivity contribution < 1.29 is 43.1 Å². The van der Waals surface area contributed by atoms with Crippen molar-refractivity contribution in [1.29, 1.82) is 0 Å². The number of ether oxygens (including phenoxy) is 2. The van der Waals surface area contributed by atoms with Gasteiger partial charge in [-0.1, -0.05) is 0 Å². The van der Waals surface area contributed by atoms with Gasteiger partial charge in [0.05, 0.1) is 71.2 Å². The first-order chi connectivity index (χ1) is 17.7. The maximum absolute atomic E-state index is 13.9. The Morgan fingerprint density at radius 2 is 0.842 bits per heavy atom. The molecule has 0 radical (unpaired) electrons. The molecule has 4 atom stereocenters. The third-order valence-electron chi connectivity index (χ3n) is 7.16. The molecule has 16 heteroatoms. The Labute approximate surface area is 222 Å². The molecule has 2 aromatic rings. The minimum atomic E-state index is -4.43. The second-order valence-electron chi connectivity index (χ2n) is 9.44. The van der Waals surface area contributed by atoms with Crippen molar-refractivity contribution in [3.63, 3.8) is 0 Å². The summed E-state index contributed by atoms with van der Waals surface area (Å²) >= 11 is 0. The minimum absolute atomic E-state index is 0.184. The lowest BCUT2D eigenvalue weighted by Crippen LogP contribution is -2.69. The lowest BCUT2D eigenvalue weighted by atomic mass is 10.0. The van der Waals surface area contributed by atoms with Crippen LogP contribution in [0.4, 0.5) is 0 Å². The molecule has 3 heterocycles. The Balaban J connectivity index is 1.67. The predicted octanol–water partition coefficient (Wildman–Crippen LogP) is -0.270. The molecule has 3 aliphatic rings. The number of nitrogens with zero attached hydrogens (tertiary/aromatic N) is 2. The van der Waals surface area contributed by atoms with Crippen molar-refractivity contribution in [2.75, 3.05) is 37.2 Å². The number of piperazine rings is 1. The highest BCUT2D eigenvalue weighted by atomic mass is 32.2. The molecule has 12 nitrogen and oxygen atoms in total. The van der Waals surface area contributed by atoms with Crippen molar-refractivity contribution in [3.05, 3.63) is 48.5 Å². The molecule has 3 fully saturated rings. The molecule has 208 valence electrons. The molecule has 0 aromatic heterocycles. The molecule has 3 saturated heterocycles. The fraction of sp³-hybridized carbons (Fsp3) is 0.455. The van der Waals surface area contributed by atoms with Crippen LogP contribution in [0, 0.1) is 0 Å². The summed E-state index contributed by atoms with van der Waals surface area (Å²) in [5.41, 5.74) is 0. The van der Waals surface area contributed by atoms with Gasteiger partial charge in [-0.15, -0.1) is 0 Å². The maximum Gasteiger partial charge on any atom is 0.243 e. The molecule has 0 N–H and O–H groups in total. The summed E-state index contributed by atoms with van der Waals surface area (Å²) in [6, 6.07) is 5.57. The van der Waals surface area contributed by atoms with E-state index in [2.05, 4.69) is 0 Å². The number of rotatable bonds is 6. The van der Waals surface area contributed by atoms with Gasteiger partial charge in [0.1, 0.15) is 11.5 Å². The number of sulfone groups is 2. The highest BCUT2D eigenvalue weighted by molar-refractivity contribution is 7.93. The predicted molar refractivity (Wildman–Crippen MR) is 136 cm³/mol. The third kappa shape index (κ3) is 4.50. The van der Waals surface area contributed by atoms with Crippen LogP contribution in [0.25, 0.3) is 0 Å². The van der Waals surface area contributed by atoms with Gasteiger partial charge in [-0.2, -0.15) is 8.61 Å². The molecule has 0 bridgehead atoms. The first kappa shape index (κ1) is 27.3. The molecule has 0 spiro atoms. The summed E-state index contributed by atoms with van der Waals surface area (Å²) < 4.78 is 119. The van der Waals surface area contributed by atoms with Gasteiger partial charge >= 0.3 is 0 Å². The van der Waals surface area contributed by atoms with Gasteiger partial charge in [-0.25, -0.2) is 33.7 Å². The summed E-state index contributed by atoms with van der Waals surface area (Å²) in [4.78, 5) is -0.369. The minimum Gasteiger partial charge on any atom is -0.497 e. The first-order valence-corrected chi connectivity index (χ1v) is 18.0. The van der Waals surface area contributed by atoms with Gasteiger partial charge in [0, 0.05) is 0 Å². The number of sulfonamides is 2. The second kappa shape index (κ2) is 9.16. The van der Waals surface area contributed by atoms with E-state index in [4.69, 9.17) is 9.47 Å². The number of methoxy groups -OCH3 is 2. The van der Waals surface area contributed by atoms with E-state index in [0.29, 0.717) is 11.5 Å². The van der Waals surface area contributed by atoms with E-state index < -0.39 is 86.9 Å². The van der Waals surface area contributed by atoms with E-state index >= 15 is 0 Å². The van der Waals surface area contributed by atoms with Crippen LogP contribution in [-0.4, -0.2) is 104 Å². The molecule has 0 aliphatic carbocycles. The fourth-order valence-electron chi connectivity index (χ4n) is 5.54. The van der Waals surface area contributed by atoms with Gasteiger partial charge in [-0.3, -0.25) is 0 Å². The van der Waals surface area contributed by atoms with Crippen LogP contribution in [0.3, 0.4) is 0 Å². The van der Waals surface area contributed by atoms with E-state index in [0.717, 1.165) is 8.61 Å². The van der Waals surface area contributed by atoms with E-state index in [-0.39, 0.29) is 9.79 Å². The van der Waals surface area contributed by atoms with Crippen LogP contribution >= 0.6 is 0 Å². The van der Waals surface area contributed by atoms with Gasteiger partial charge in [0.15, 0.2) is 19.7 Å². The SMILES string of the molecule is COc1ccc(S(=O)(=O)N2[C@@H]3CS(=O)(=O)C[C@@H]3N(S(=O)(=O)c3ccc(OC)cc3)[C@H]3CS(=O)(=O)C[C@H]32)cc1. The van der Waals surface area contributed by atoms with Crippen LogP contribution in [0.2, 0.25) is 0 Å². The number of fused-ring (bicyclic) bond motifs is 2. The highest BCUT2D eigenvalue weighted by Crippen LogP contribution is 2.43. The molecule has 0 unspecified atom stereocenters. The fourth-order valence-corrected chi connectivity index (χ4v) is 13.5. The summed E-state index contributed by atoms with van der Waals surface area (Å²) in [6.45, 7) is 0. The molecular weight excluding hydrogens is 581 g/mol. The molecular formula is C22H26N2O10S4. The molecule has 3 aliphatic heterocycles. The Kier molecular flexibility index (Phi) is 6.59. The zero-order valence-corrected chi connectivity index (χ0v) is 23.6. The van der Waals surface area contributed by atoms with Gasteiger partial charge < -0.3 is 9.47 Å². The topological polar surface area (TPSA) is 162 Å². The van der Waals surface area contributed by atoms with Crippen LogP contribution in [-0.2, 0) is 39.7 Å².